The maximum Gasteiger partial charge on any atom is 0.126 e. The minimum atomic E-state index is 0.118. The molecular formula is C17H19N3. The average molecular weight is 265 g/mol. The molecular weight excluding hydrogens is 246 g/mol. The summed E-state index contributed by atoms with van der Waals surface area (Å²) < 4.78 is 0. The Morgan fingerprint density at radius 1 is 1.20 bits per heavy atom. The van der Waals surface area contributed by atoms with Crippen molar-refractivity contribution in [2.24, 2.45) is 0 Å². The predicted octanol–water partition coefficient (Wildman–Crippen LogP) is 3.86. The summed E-state index contributed by atoms with van der Waals surface area (Å²) in [5.74, 6) is 0.848. The number of nitrogens with one attached hydrogen (secondary N) is 1. The molecule has 2 rings (SSSR count). The van der Waals surface area contributed by atoms with Gasteiger partial charge in [0, 0.05) is 12.7 Å². The van der Waals surface area contributed by atoms with E-state index >= 15 is 0 Å². The van der Waals surface area contributed by atoms with Crippen LogP contribution >= 0.6 is 0 Å². The first-order valence-corrected chi connectivity index (χ1v) is 6.68. The molecule has 0 spiro atoms. The third kappa shape index (κ3) is 3.58. The largest absolute Gasteiger partial charge is 0.366 e. The summed E-state index contributed by atoms with van der Waals surface area (Å²) in [4.78, 5) is 4.43. The maximum atomic E-state index is 8.87. The van der Waals surface area contributed by atoms with Gasteiger partial charge in [-0.25, -0.2) is 4.98 Å². The van der Waals surface area contributed by atoms with Gasteiger partial charge in [-0.15, -0.1) is 0 Å². The molecule has 0 fully saturated rings. The van der Waals surface area contributed by atoms with Crippen molar-refractivity contribution in [2.45, 2.75) is 32.7 Å². The van der Waals surface area contributed by atoms with Crippen LogP contribution in [0, 0.1) is 11.3 Å². The molecule has 2 aromatic rings. The number of nitrogens with zero attached hydrogens (tertiary/aromatic N) is 2. The van der Waals surface area contributed by atoms with Gasteiger partial charge in [0.05, 0.1) is 11.6 Å². The molecule has 1 aromatic heterocycles. The van der Waals surface area contributed by atoms with Gasteiger partial charge in [0.15, 0.2) is 0 Å². The lowest BCUT2D eigenvalue weighted by molar-refractivity contribution is 0.587. The van der Waals surface area contributed by atoms with Crippen molar-refractivity contribution >= 4 is 5.82 Å². The van der Waals surface area contributed by atoms with Gasteiger partial charge in [-0.05, 0) is 34.7 Å². The summed E-state index contributed by atoms with van der Waals surface area (Å²) >= 11 is 0. The van der Waals surface area contributed by atoms with Crippen LogP contribution in [0.1, 0.15) is 37.5 Å². The molecule has 1 heterocycles. The van der Waals surface area contributed by atoms with Gasteiger partial charge >= 0.3 is 0 Å². The number of hydrogen-bond acceptors (Lipinski definition) is 3. The molecule has 0 bridgehead atoms. The summed E-state index contributed by atoms with van der Waals surface area (Å²) in [5.41, 5.74) is 3.09. The summed E-state index contributed by atoms with van der Waals surface area (Å²) in [5, 5.41) is 12.1. The lowest BCUT2D eigenvalue weighted by atomic mass is 9.88. The molecule has 1 aromatic carbocycles. The monoisotopic (exact) mass is 265 g/mol. The molecule has 3 nitrogen and oxygen atoms in total. The molecule has 20 heavy (non-hydrogen) atoms. The highest BCUT2D eigenvalue weighted by Gasteiger charge is 2.13. The van der Waals surface area contributed by atoms with E-state index in [0.717, 1.165) is 11.4 Å². The highest BCUT2D eigenvalue weighted by atomic mass is 15.0. The van der Waals surface area contributed by atoms with Gasteiger partial charge in [0.2, 0.25) is 0 Å². The van der Waals surface area contributed by atoms with Crippen LogP contribution in [-0.2, 0) is 12.0 Å². The molecule has 0 atom stereocenters. The lowest BCUT2D eigenvalue weighted by Gasteiger charge is -2.18. The first kappa shape index (κ1) is 14.1. The third-order valence-corrected chi connectivity index (χ3v) is 3.16. The molecule has 0 aliphatic rings. The Labute approximate surface area is 120 Å². The van der Waals surface area contributed by atoms with Gasteiger partial charge in [0.1, 0.15) is 5.82 Å². The Morgan fingerprint density at radius 3 is 2.60 bits per heavy atom. The van der Waals surface area contributed by atoms with E-state index < -0.39 is 0 Å². The highest BCUT2D eigenvalue weighted by molar-refractivity contribution is 5.39. The highest BCUT2D eigenvalue weighted by Crippen LogP contribution is 2.22. The second kappa shape index (κ2) is 5.75. The van der Waals surface area contributed by atoms with Crippen molar-refractivity contribution in [3.63, 3.8) is 0 Å². The van der Waals surface area contributed by atoms with Crippen LogP contribution in [0.4, 0.5) is 5.82 Å². The summed E-state index contributed by atoms with van der Waals surface area (Å²) in [6.45, 7) is 7.18. The number of rotatable bonds is 3. The van der Waals surface area contributed by atoms with Crippen molar-refractivity contribution in [1.29, 1.82) is 5.26 Å². The van der Waals surface area contributed by atoms with Crippen molar-refractivity contribution < 1.29 is 0 Å². The Hall–Kier alpha value is -2.34. The van der Waals surface area contributed by atoms with E-state index in [1.54, 1.807) is 6.07 Å². The minimum absolute atomic E-state index is 0.118. The smallest absolute Gasteiger partial charge is 0.126 e. The van der Waals surface area contributed by atoms with Gasteiger partial charge in [-0.3, -0.25) is 0 Å². The summed E-state index contributed by atoms with van der Waals surface area (Å²) in [7, 11) is 0. The molecule has 0 aliphatic carbocycles. The third-order valence-electron chi connectivity index (χ3n) is 3.16. The topological polar surface area (TPSA) is 48.7 Å². The molecule has 0 saturated carbocycles. The van der Waals surface area contributed by atoms with E-state index in [1.165, 1.54) is 5.56 Å². The van der Waals surface area contributed by atoms with Crippen LogP contribution < -0.4 is 5.32 Å². The zero-order valence-corrected chi connectivity index (χ0v) is 12.1. The van der Waals surface area contributed by atoms with E-state index in [2.05, 4.69) is 43.2 Å². The Balaban J connectivity index is 2.02. The van der Waals surface area contributed by atoms with Gasteiger partial charge in [-0.2, -0.15) is 5.26 Å². The van der Waals surface area contributed by atoms with Gasteiger partial charge in [-0.1, -0.05) is 39.0 Å². The zero-order valence-electron chi connectivity index (χ0n) is 12.1. The number of nitriles is 1. The Bertz CT molecular complexity index is 616. The van der Waals surface area contributed by atoms with E-state index in [9.17, 15) is 0 Å². The Morgan fingerprint density at radius 2 is 2.00 bits per heavy atom. The SMILES string of the molecule is CC(C)(C)c1ccc(NCc2cccc(C#N)c2)nc1. The Kier molecular flexibility index (Phi) is 4.05. The second-order valence-electron chi connectivity index (χ2n) is 5.85. The molecule has 0 aliphatic heterocycles. The number of anilines is 1. The van der Waals surface area contributed by atoms with Crippen LogP contribution in [0.5, 0.6) is 0 Å². The number of hydrogen-bond donors (Lipinski definition) is 1. The number of pyridine rings is 1. The lowest BCUT2D eigenvalue weighted by Crippen LogP contribution is -2.11. The van der Waals surface area contributed by atoms with Crippen LogP contribution in [0.25, 0.3) is 0 Å². The minimum Gasteiger partial charge on any atom is -0.366 e. The van der Waals surface area contributed by atoms with Crippen LogP contribution in [0.3, 0.4) is 0 Å². The molecule has 102 valence electrons. The van der Waals surface area contributed by atoms with E-state index in [-0.39, 0.29) is 5.41 Å². The standard InChI is InChI=1S/C17H19N3/c1-17(2,3)15-7-8-16(20-12-15)19-11-14-6-4-5-13(9-14)10-18/h4-9,12H,11H2,1-3H3,(H,19,20). The molecule has 0 amide bonds. The number of benzene rings is 1. The summed E-state index contributed by atoms with van der Waals surface area (Å²) in [6.07, 6.45) is 1.91. The van der Waals surface area contributed by atoms with Gasteiger partial charge < -0.3 is 5.32 Å². The molecule has 3 heteroatoms. The fourth-order valence-corrected chi connectivity index (χ4v) is 1.89. The predicted molar refractivity (Wildman–Crippen MR) is 81.4 cm³/mol. The number of aromatic nitrogens is 1. The second-order valence-corrected chi connectivity index (χ2v) is 5.85. The molecule has 0 saturated heterocycles. The first-order valence-electron chi connectivity index (χ1n) is 6.68. The van der Waals surface area contributed by atoms with Crippen molar-refractivity contribution in [3.05, 3.63) is 59.3 Å². The molecule has 0 unspecified atom stereocenters. The summed E-state index contributed by atoms with van der Waals surface area (Å²) in [6, 6.07) is 13.8. The quantitative estimate of drug-likeness (QED) is 0.916. The average Bonchev–Trinajstić information content (AvgIpc) is 2.45. The molecule has 0 radical (unpaired) electrons. The van der Waals surface area contributed by atoms with Gasteiger partial charge in [0.25, 0.3) is 0 Å². The fourth-order valence-electron chi connectivity index (χ4n) is 1.89. The normalized spacial score (nSPS) is 10.9. The van der Waals surface area contributed by atoms with Crippen LogP contribution in [-0.4, -0.2) is 4.98 Å². The molecule has 1 N–H and O–H groups in total. The van der Waals surface area contributed by atoms with Crippen LogP contribution in [0.2, 0.25) is 0 Å². The van der Waals surface area contributed by atoms with Crippen molar-refractivity contribution in [1.82, 2.24) is 4.98 Å². The van der Waals surface area contributed by atoms with E-state index in [4.69, 9.17) is 5.26 Å². The fraction of sp³-hybridized carbons (Fsp3) is 0.294. The van der Waals surface area contributed by atoms with Crippen molar-refractivity contribution in [3.8, 4) is 6.07 Å². The van der Waals surface area contributed by atoms with Crippen LogP contribution in [0.15, 0.2) is 42.6 Å². The van der Waals surface area contributed by atoms with E-state index in [0.29, 0.717) is 12.1 Å². The van der Waals surface area contributed by atoms with E-state index in [1.807, 2.05) is 30.5 Å². The first-order chi connectivity index (χ1) is 9.49. The van der Waals surface area contributed by atoms with Crippen molar-refractivity contribution in [2.75, 3.05) is 5.32 Å². The zero-order chi connectivity index (χ0) is 14.6. The maximum absolute atomic E-state index is 8.87.